The van der Waals surface area contributed by atoms with Crippen molar-refractivity contribution >= 4 is 37.6 Å². The summed E-state index contributed by atoms with van der Waals surface area (Å²) in [7, 11) is -2.43. The van der Waals surface area contributed by atoms with Gasteiger partial charge in [-0.1, -0.05) is 15.9 Å². The Bertz CT molecular complexity index is 527. The molecule has 0 saturated carbocycles. The molecule has 0 fully saturated rings. The van der Waals surface area contributed by atoms with Crippen molar-refractivity contribution in [3.63, 3.8) is 0 Å². The van der Waals surface area contributed by atoms with Gasteiger partial charge in [0.05, 0.1) is 0 Å². The lowest BCUT2D eigenvalue weighted by atomic mass is 10.3. The predicted octanol–water partition coefficient (Wildman–Crippen LogP) is 2.51. The number of halogens is 3. The van der Waals surface area contributed by atoms with Gasteiger partial charge in [-0.15, -0.1) is 11.6 Å². The van der Waals surface area contributed by atoms with Crippen LogP contribution in [0, 0.1) is 5.82 Å². The first kappa shape index (κ1) is 16.8. The zero-order valence-electron chi connectivity index (χ0n) is 10.2. The molecule has 1 aromatic carbocycles. The van der Waals surface area contributed by atoms with Gasteiger partial charge in [-0.25, -0.2) is 17.5 Å². The molecule has 108 valence electrons. The molecule has 1 rings (SSSR count). The first-order valence-electron chi connectivity index (χ1n) is 5.43. The summed E-state index contributed by atoms with van der Waals surface area (Å²) in [6.45, 7) is 0.364. The standard InChI is InChI=1S/C11H14BrClFNO3S/c1-18-5-4-9(7-13)15-19(16,17)11-3-2-8(12)6-10(11)14/h2-3,6,9,15H,4-5,7H2,1H3. The molecule has 0 aliphatic rings. The van der Waals surface area contributed by atoms with Crippen LogP contribution in [0.25, 0.3) is 0 Å². The highest BCUT2D eigenvalue weighted by Gasteiger charge is 2.22. The van der Waals surface area contributed by atoms with E-state index in [1.54, 1.807) is 0 Å². The SMILES string of the molecule is COCCC(CCl)NS(=O)(=O)c1ccc(Br)cc1F. The maximum Gasteiger partial charge on any atom is 0.243 e. The maximum atomic E-state index is 13.6. The molecule has 0 radical (unpaired) electrons. The van der Waals surface area contributed by atoms with Gasteiger partial charge in [0.1, 0.15) is 10.7 Å². The van der Waals surface area contributed by atoms with Gasteiger partial charge in [-0.3, -0.25) is 0 Å². The molecule has 0 saturated heterocycles. The molecule has 0 spiro atoms. The van der Waals surface area contributed by atoms with Crippen LogP contribution in [0.4, 0.5) is 4.39 Å². The van der Waals surface area contributed by atoms with Gasteiger partial charge in [0.25, 0.3) is 0 Å². The number of alkyl halides is 1. The van der Waals surface area contributed by atoms with Crippen molar-refractivity contribution in [2.24, 2.45) is 0 Å². The quantitative estimate of drug-likeness (QED) is 0.746. The Labute approximate surface area is 125 Å². The second-order valence-electron chi connectivity index (χ2n) is 3.83. The van der Waals surface area contributed by atoms with Gasteiger partial charge in [-0.05, 0) is 24.6 Å². The van der Waals surface area contributed by atoms with Crippen LogP contribution < -0.4 is 4.72 Å². The Morgan fingerprint density at radius 2 is 2.21 bits per heavy atom. The third kappa shape index (κ3) is 5.00. The lowest BCUT2D eigenvalue weighted by Gasteiger charge is -2.16. The molecule has 0 aliphatic carbocycles. The van der Waals surface area contributed by atoms with E-state index < -0.39 is 26.8 Å². The van der Waals surface area contributed by atoms with E-state index in [9.17, 15) is 12.8 Å². The zero-order chi connectivity index (χ0) is 14.5. The molecule has 19 heavy (non-hydrogen) atoms. The highest BCUT2D eigenvalue weighted by Crippen LogP contribution is 2.19. The lowest BCUT2D eigenvalue weighted by molar-refractivity contribution is 0.188. The minimum Gasteiger partial charge on any atom is -0.385 e. The lowest BCUT2D eigenvalue weighted by Crippen LogP contribution is -2.37. The molecule has 1 unspecified atom stereocenters. The number of benzene rings is 1. The van der Waals surface area contributed by atoms with Crippen molar-refractivity contribution in [3.05, 3.63) is 28.5 Å². The summed E-state index contributed by atoms with van der Waals surface area (Å²) in [6, 6.07) is 3.25. The topological polar surface area (TPSA) is 55.4 Å². The molecule has 8 heteroatoms. The van der Waals surface area contributed by atoms with Crippen LogP contribution >= 0.6 is 27.5 Å². The van der Waals surface area contributed by atoms with Crippen molar-refractivity contribution < 1.29 is 17.5 Å². The van der Waals surface area contributed by atoms with Crippen LogP contribution in [0.1, 0.15) is 6.42 Å². The summed E-state index contributed by atoms with van der Waals surface area (Å²) in [5, 5.41) is 0. The molecule has 0 aliphatic heterocycles. The third-order valence-electron chi connectivity index (χ3n) is 2.36. The average Bonchev–Trinajstić information content (AvgIpc) is 2.33. The molecule has 0 bridgehead atoms. The maximum absolute atomic E-state index is 13.6. The van der Waals surface area contributed by atoms with E-state index in [4.69, 9.17) is 16.3 Å². The number of rotatable bonds is 7. The molecule has 1 aromatic rings. The average molecular weight is 375 g/mol. The van der Waals surface area contributed by atoms with Crippen molar-refractivity contribution in [2.75, 3.05) is 19.6 Å². The summed E-state index contributed by atoms with van der Waals surface area (Å²) in [6.07, 6.45) is 0.414. The summed E-state index contributed by atoms with van der Waals surface area (Å²) in [4.78, 5) is -0.400. The molecule has 0 heterocycles. The Morgan fingerprint density at radius 1 is 1.53 bits per heavy atom. The summed E-state index contributed by atoms with van der Waals surface area (Å²) in [5.41, 5.74) is 0. The molecule has 1 atom stereocenters. The fourth-order valence-electron chi connectivity index (χ4n) is 1.40. The number of hydrogen-bond acceptors (Lipinski definition) is 3. The van der Waals surface area contributed by atoms with Crippen molar-refractivity contribution in [1.29, 1.82) is 0 Å². The smallest absolute Gasteiger partial charge is 0.243 e. The summed E-state index contributed by atoms with van der Waals surface area (Å²) >= 11 is 8.75. The van der Waals surface area contributed by atoms with E-state index in [1.807, 2.05) is 0 Å². The Kier molecular flexibility index (Phi) is 6.68. The van der Waals surface area contributed by atoms with E-state index in [2.05, 4.69) is 20.7 Å². The van der Waals surface area contributed by atoms with Crippen LogP contribution in [-0.4, -0.2) is 34.1 Å². The fourth-order valence-corrected chi connectivity index (χ4v) is 3.39. The second-order valence-corrected chi connectivity index (χ2v) is 6.74. The van der Waals surface area contributed by atoms with Gasteiger partial charge >= 0.3 is 0 Å². The van der Waals surface area contributed by atoms with Gasteiger partial charge in [0.2, 0.25) is 10.0 Å². The number of methoxy groups -OCH3 is 1. The third-order valence-corrected chi connectivity index (χ3v) is 4.78. The highest BCUT2D eigenvalue weighted by atomic mass is 79.9. The van der Waals surface area contributed by atoms with Crippen LogP contribution in [0.2, 0.25) is 0 Å². The van der Waals surface area contributed by atoms with Crippen molar-refractivity contribution in [3.8, 4) is 0 Å². The Hall–Kier alpha value is -0.210. The number of nitrogens with one attached hydrogen (secondary N) is 1. The van der Waals surface area contributed by atoms with E-state index in [0.717, 1.165) is 6.07 Å². The minimum absolute atomic E-state index is 0.0841. The zero-order valence-corrected chi connectivity index (χ0v) is 13.4. The number of ether oxygens (including phenoxy) is 1. The second kappa shape index (κ2) is 7.54. The minimum atomic E-state index is -3.94. The van der Waals surface area contributed by atoms with Crippen LogP contribution in [0.3, 0.4) is 0 Å². The van der Waals surface area contributed by atoms with Gasteiger partial charge in [0, 0.05) is 30.1 Å². The molecule has 4 nitrogen and oxygen atoms in total. The van der Waals surface area contributed by atoms with E-state index in [0.29, 0.717) is 17.5 Å². The highest BCUT2D eigenvalue weighted by molar-refractivity contribution is 9.10. The summed E-state index contributed by atoms with van der Waals surface area (Å²) < 4.78 is 45.4. The predicted molar refractivity (Wildman–Crippen MR) is 75.4 cm³/mol. The van der Waals surface area contributed by atoms with Crippen molar-refractivity contribution in [2.45, 2.75) is 17.4 Å². The first-order valence-corrected chi connectivity index (χ1v) is 8.24. The number of sulfonamides is 1. The van der Waals surface area contributed by atoms with Crippen LogP contribution in [-0.2, 0) is 14.8 Å². The number of hydrogen-bond donors (Lipinski definition) is 1. The molecule has 0 aromatic heterocycles. The Morgan fingerprint density at radius 3 is 2.74 bits per heavy atom. The molecule has 1 N–H and O–H groups in total. The molecular weight excluding hydrogens is 361 g/mol. The molecule has 0 amide bonds. The van der Waals surface area contributed by atoms with E-state index in [1.165, 1.54) is 19.2 Å². The Balaban J connectivity index is 2.90. The van der Waals surface area contributed by atoms with Crippen LogP contribution in [0.5, 0.6) is 0 Å². The normalized spacial score (nSPS) is 13.5. The van der Waals surface area contributed by atoms with Gasteiger partial charge in [-0.2, -0.15) is 0 Å². The monoisotopic (exact) mass is 373 g/mol. The van der Waals surface area contributed by atoms with Crippen molar-refractivity contribution in [1.82, 2.24) is 4.72 Å². The largest absolute Gasteiger partial charge is 0.385 e. The van der Waals surface area contributed by atoms with E-state index in [-0.39, 0.29) is 5.88 Å². The van der Waals surface area contributed by atoms with Gasteiger partial charge < -0.3 is 4.74 Å². The first-order chi connectivity index (χ1) is 8.90. The van der Waals surface area contributed by atoms with Crippen LogP contribution in [0.15, 0.2) is 27.6 Å². The van der Waals surface area contributed by atoms with Gasteiger partial charge in [0.15, 0.2) is 0 Å². The molecular formula is C11H14BrClFNO3S. The van der Waals surface area contributed by atoms with E-state index >= 15 is 0 Å². The fraction of sp³-hybridized carbons (Fsp3) is 0.455. The summed E-state index contributed by atoms with van der Waals surface area (Å²) in [5.74, 6) is -0.734.